The molecule has 0 unspecified atom stereocenters. The predicted octanol–water partition coefficient (Wildman–Crippen LogP) is 5.02. The highest BCUT2D eigenvalue weighted by Gasteiger charge is 2.27. The Labute approximate surface area is 184 Å². The van der Waals surface area contributed by atoms with Gasteiger partial charge in [-0.25, -0.2) is 4.98 Å². The summed E-state index contributed by atoms with van der Waals surface area (Å²) in [6.45, 7) is 4.10. The van der Waals surface area contributed by atoms with Gasteiger partial charge in [-0.05, 0) is 50.2 Å². The number of carbonyl (C=O) groups is 1. The Morgan fingerprint density at radius 1 is 1.23 bits per heavy atom. The first kappa shape index (κ1) is 21.1. The molecule has 1 aliphatic rings. The normalized spacial score (nSPS) is 16.1. The summed E-state index contributed by atoms with van der Waals surface area (Å²) in [5, 5.41) is 0.770. The molecule has 2 atom stereocenters. The lowest BCUT2D eigenvalue weighted by Gasteiger charge is -2.20. The predicted molar refractivity (Wildman–Crippen MR) is 124 cm³/mol. The van der Waals surface area contributed by atoms with Gasteiger partial charge in [0.05, 0.1) is 5.39 Å². The molecular formula is C23H27N3O2S2. The Kier molecular flexibility index (Phi) is 6.29. The summed E-state index contributed by atoms with van der Waals surface area (Å²) < 4.78 is 1.78. The quantitative estimate of drug-likeness (QED) is 0.331. The number of benzene rings is 1. The Balaban J connectivity index is 1.88. The molecule has 7 heteroatoms. The van der Waals surface area contributed by atoms with Crippen molar-refractivity contribution in [1.29, 1.82) is 0 Å². The molecule has 0 saturated carbocycles. The zero-order chi connectivity index (χ0) is 21.3. The van der Waals surface area contributed by atoms with Crippen LogP contribution in [0.2, 0.25) is 0 Å². The van der Waals surface area contributed by atoms with E-state index in [9.17, 15) is 9.59 Å². The van der Waals surface area contributed by atoms with Gasteiger partial charge < -0.3 is 5.73 Å². The lowest BCUT2D eigenvalue weighted by molar-refractivity contribution is -0.117. The molecule has 0 bridgehead atoms. The summed E-state index contributed by atoms with van der Waals surface area (Å²) in [7, 11) is 0. The number of aryl methyl sites for hydroxylation is 2. The van der Waals surface area contributed by atoms with Crippen molar-refractivity contribution in [1.82, 2.24) is 9.55 Å². The first-order chi connectivity index (χ1) is 14.5. The number of hydrogen-bond acceptors (Lipinski definition) is 5. The van der Waals surface area contributed by atoms with Crippen molar-refractivity contribution in [3.8, 4) is 0 Å². The first-order valence-corrected chi connectivity index (χ1v) is 12.3. The van der Waals surface area contributed by atoms with Crippen molar-refractivity contribution in [2.75, 3.05) is 0 Å². The van der Waals surface area contributed by atoms with Crippen LogP contribution in [0.4, 0.5) is 0 Å². The molecule has 0 radical (unpaired) electrons. The van der Waals surface area contributed by atoms with E-state index in [0.717, 1.165) is 41.5 Å². The van der Waals surface area contributed by atoms with Gasteiger partial charge in [-0.2, -0.15) is 0 Å². The maximum absolute atomic E-state index is 13.7. The largest absolute Gasteiger partial charge is 0.368 e. The second kappa shape index (κ2) is 8.94. The number of thiophene rings is 1. The van der Waals surface area contributed by atoms with Crippen LogP contribution < -0.4 is 11.3 Å². The van der Waals surface area contributed by atoms with Crippen molar-refractivity contribution in [2.45, 2.75) is 68.8 Å². The average molecular weight is 442 g/mol. The fourth-order valence-electron chi connectivity index (χ4n) is 4.05. The second-order valence-electron chi connectivity index (χ2n) is 7.88. The van der Waals surface area contributed by atoms with Crippen LogP contribution in [-0.4, -0.2) is 15.5 Å². The summed E-state index contributed by atoms with van der Waals surface area (Å²) in [5.74, 6) is -0.432. The molecule has 0 spiro atoms. The Morgan fingerprint density at radius 3 is 2.67 bits per heavy atom. The van der Waals surface area contributed by atoms with E-state index in [1.165, 1.54) is 35.0 Å². The zero-order valence-electron chi connectivity index (χ0n) is 17.4. The van der Waals surface area contributed by atoms with Gasteiger partial charge in [-0.3, -0.25) is 14.2 Å². The minimum atomic E-state index is -0.594. The van der Waals surface area contributed by atoms with Crippen LogP contribution in [0, 0.1) is 0 Å². The van der Waals surface area contributed by atoms with Crippen LogP contribution in [0.5, 0.6) is 0 Å². The molecular weight excluding hydrogens is 414 g/mol. The molecule has 1 amide bonds. The van der Waals surface area contributed by atoms with Crippen LogP contribution in [0.3, 0.4) is 0 Å². The highest BCUT2D eigenvalue weighted by atomic mass is 32.2. The molecule has 2 N–H and O–H groups in total. The zero-order valence-corrected chi connectivity index (χ0v) is 19.0. The summed E-state index contributed by atoms with van der Waals surface area (Å²) in [4.78, 5) is 33.0. The van der Waals surface area contributed by atoms with E-state index < -0.39 is 11.2 Å². The van der Waals surface area contributed by atoms with Crippen molar-refractivity contribution in [3.05, 3.63) is 56.7 Å². The SMILES string of the molecule is CC[C@H](C)n1c(S[C@H](C(N)=O)c2ccccc2)nc2sc3c(c2c1=O)CCCCC3. The number of carbonyl (C=O) groups excluding carboxylic acids is 1. The third-order valence-electron chi connectivity index (χ3n) is 5.85. The maximum atomic E-state index is 13.7. The molecule has 158 valence electrons. The van der Waals surface area contributed by atoms with Crippen LogP contribution >= 0.6 is 23.1 Å². The van der Waals surface area contributed by atoms with Crippen LogP contribution in [0.15, 0.2) is 40.3 Å². The Hall–Kier alpha value is -2.12. The first-order valence-electron chi connectivity index (χ1n) is 10.6. The smallest absolute Gasteiger partial charge is 0.263 e. The van der Waals surface area contributed by atoms with Gasteiger partial charge in [0.2, 0.25) is 5.91 Å². The van der Waals surface area contributed by atoms with Gasteiger partial charge in [0.15, 0.2) is 5.16 Å². The van der Waals surface area contributed by atoms with Gasteiger partial charge in [0, 0.05) is 10.9 Å². The lowest BCUT2D eigenvalue weighted by Crippen LogP contribution is -2.27. The van der Waals surface area contributed by atoms with E-state index >= 15 is 0 Å². The molecule has 0 aliphatic heterocycles. The number of hydrogen-bond donors (Lipinski definition) is 1. The van der Waals surface area contributed by atoms with Gasteiger partial charge in [0.1, 0.15) is 10.1 Å². The van der Waals surface area contributed by atoms with Crippen molar-refractivity contribution in [2.24, 2.45) is 5.73 Å². The fraction of sp³-hybridized carbons (Fsp3) is 0.435. The highest BCUT2D eigenvalue weighted by Crippen LogP contribution is 2.38. The number of primary amides is 1. The fourth-order valence-corrected chi connectivity index (χ4v) is 6.50. The van der Waals surface area contributed by atoms with E-state index in [0.29, 0.717) is 5.16 Å². The van der Waals surface area contributed by atoms with Crippen molar-refractivity contribution in [3.63, 3.8) is 0 Å². The minimum absolute atomic E-state index is 0.0115. The highest BCUT2D eigenvalue weighted by molar-refractivity contribution is 8.00. The summed E-state index contributed by atoms with van der Waals surface area (Å²) >= 11 is 2.93. The molecule has 0 saturated heterocycles. The van der Waals surface area contributed by atoms with E-state index in [-0.39, 0.29) is 11.6 Å². The topological polar surface area (TPSA) is 78.0 Å². The number of aromatic nitrogens is 2. The summed E-state index contributed by atoms with van der Waals surface area (Å²) in [5.41, 5.74) is 7.79. The number of nitrogens with two attached hydrogens (primary N) is 1. The molecule has 1 aliphatic carbocycles. The standard InChI is InChI=1S/C23H27N3O2S2/c1-3-14(2)26-22(28)18-16-12-8-5-9-13-17(16)29-21(18)25-23(26)30-19(20(24)27)15-10-6-4-7-11-15/h4,6-7,10-11,14,19H,3,5,8-9,12-13H2,1-2H3,(H2,24,27)/t14-,19-/m0/s1. The monoisotopic (exact) mass is 441 g/mol. The van der Waals surface area contributed by atoms with Gasteiger partial charge >= 0.3 is 0 Å². The molecule has 30 heavy (non-hydrogen) atoms. The number of amides is 1. The van der Waals surface area contributed by atoms with Gasteiger partial charge in [-0.1, -0.05) is 55.4 Å². The third-order valence-corrected chi connectivity index (χ3v) is 8.28. The second-order valence-corrected chi connectivity index (χ2v) is 10.0. The van der Waals surface area contributed by atoms with Gasteiger partial charge in [0.25, 0.3) is 5.56 Å². The van der Waals surface area contributed by atoms with E-state index in [1.807, 2.05) is 37.3 Å². The summed E-state index contributed by atoms with van der Waals surface area (Å²) in [6.07, 6.45) is 6.28. The molecule has 5 nitrogen and oxygen atoms in total. The number of fused-ring (bicyclic) bond motifs is 3. The molecule has 4 rings (SSSR count). The molecule has 0 fully saturated rings. The molecule has 3 aromatic rings. The molecule has 1 aromatic carbocycles. The number of thioether (sulfide) groups is 1. The average Bonchev–Trinajstić information content (AvgIpc) is 2.93. The van der Waals surface area contributed by atoms with Crippen molar-refractivity contribution >= 4 is 39.2 Å². The minimum Gasteiger partial charge on any atom is -0.368 e. The van der Waals surface area contributed by atoms with Crippen LogP contribution in [0.25, 0.3) is 10.2 Å². The van der Waals surface area contributed by atoms with E-state index in [4.69, 9.17) is 10.7 Å². The van der Waals surface area contributed by atoms with Crippen LogP contribution in [0.1, 0.15) is 66.8 Å². The van der Waals surface area contributed by atoms with Crippen molar-refractivity contribution < 1.29 is 4.79 Å². The molecule has 2 heterocycles. The van der Waals surface area contributed by atoms with E-state index in [1.54, 1.807) is 15.9 Å². The number of nitrogens with zero attached hydrogens (tertiary/aromatic N) is 2. The maximum Gasteiger partial charge on any atom is 0.263 e. The Bertz CT molecular complexity index is 1120. The van der Waals surface area contributed by atoms with Crippen LogP contribution in [-0.2, 0) is 17.6 Å². The third kappa shape index (κ3) is 3.93. The van der Waals surface area contributed by atoms with E-state index in [2.05, 4.69) is 6.92 Å². The lowest BCUT2D eigenvalue weighted by atomic mass is 10.1. The molecule has 2 aromatic heterocycles. The van der Waals surface area contributed by atoms with Gasteiger partial charge in [-0.15, -0.1) is 11.3 Å². The summed E-state index contributed by atoms with van der Waals surface area (Å²) in [6, 6.07) is 9.45. The number of rotatable bonds is 6. The Morgan fingerprint density at radius 2 is 1.97 bits per heavy atom.